The highest BCUT2D eigenvalue weighted by atomic mass is 35.5. The van der Waals surface area contributed by atoms with Crippen LogP contribution >= 0.6 is 23.4 Å². The van der Waals surface area contributed by atoms with Crippen molar-refractivity contribution in [1.82, 2.24) is 19.7 Å². The molecule has 0 aliphatic carbocycles. The lowest BCUT2D eigenvalue weighted by Crippen LogP contribution is -2.42. The van der Waals surface area contributed by atoms with Crippen molar-refractivity contribution in [2.24, 2.45) is 0 Å². The summed E-state index contributed by atoms with van der Waals surface area (Å²) in [5, 5.41) is 9.91. The van der Waals surface area contributed by atoms with E-state index in [1.807, 2.05) is 58.0 Å². The van der Waals surface area contributed by atoms with Crippen LogP contribution < -0.4 is 4.74 Å². The number of benzene rings is 2. The number of carbonyl (C=O) groups is 1. The molecular weight excluding hydrogens is 432 g/mol. The second-order valence-corrected chi connectivity index (χ2v) is 8.86. The molecule has 1 atom stereocenters. The van der Waals surface area contributed by atoms with Crippen LogP contribution in [0, 0.1) is 0 Å². The molecule has 0 bridgehead atoms. The Balaban J connectivity index is 1.52. The van der Waals surface area contributed by atoms with Crippen LogP contribution in [0.25, 0.3) is 5.69 Å². The molecule has 3 aromatic rings. The third kappa shape index (κ3) is 5.22. The van der Waals surface area contributed by atoms with Crippen molar-refractivity contribution in [3.63, 3.8) is 0 Å². The first-order valence-corrected chi connectivity index (χ1v) is 11.8. The first kappa shape index (κ1) is 21.7. The maximum Gasteiger partial charge on any atom is 0.233 e. The summed E-state index contributed by atoms with van der Waals surface area (Å²) in [7, 11) is 0. The molecular formula is C23H25ClN4O2S. The fraction of sp³-hybridized carbons (Fsp3) is 0.348. The van der Waals surface area contributed by atoms with Crippen LogP contribution in [0.5, 0.6) is 5.75 Å². The fourth-order valence-corrected chi connectivity index (χ4v) is 4.75. The van der Waals surface area contributed by atoms with Crippen molar-refractivity contribution < 1.29 is 9.53 Å². The summed E-state index contributed by atoms with van der Waals surface area (Å²) in [4.78, 5) is 14.8. The molecule has 6 nitrogen and oxygen atoms in total. The van der Waals surface area contributed by atoms with Gasteiger partial charge in [0.2, 0.25) is 5.91 Å². The Labute approximate surface area is 191 Å². The number of hydrogen-bond donors (Lipinski definition) is 0. The molecule has 162 valence electrons. The number of piperidine rings is 1. The van der Waals surface area contributed by atoms with Crippen LogP contribution in [0.4, 0.5) is 0 Å². The molecule has 1 aromatic heterocycles. The van der Waals surface area contributed by atoms with E-state index >= 15 is 0 Å². The zero-order chi connectivity index (χ0) is 21.6. The number of carbonyl (C=O) groups excluding carboxylic acids is 1. The Kier molecular flexibility index (Phi) is 7.14. The van der Waals surface area contributed by atoms with Crippen molar-refractivity contribution in [3.05, 3.63) is 65.4 Å². The van der Waals surface area contributed by atoms with Gasteiger partial charge < -0.3 is 9.64 Å². The maximum atomic E-state index is 12.8. The Morgan fingerprint density at radius 2 is 1.90 bits per heavy atom. The number of amides is 1. The van der Waals surface area contributed by atoms with E-state index in [9.17, 15) is 4.79 Å². The first-order chi connectivity index (χ1) is 15.1. The van der Waals surface area contributed by atoms with Crippen LogP contribution in [-0.4, -0.2) is 43.9 Å². The van der Waals surface area contributed by atoms with E-state index in [1.54, 1.807) is 6.07 Å². The van der Waals surface area contributed by atoms with Crippen LogP contribution in [0.1, 0.15) is 32.0 Å². The van der Waals surface area contributed by atoms with Crippen molar-refractivity contribution in [2.75, 3.05) is 12.3 Å². The predicted molar refractivity (Wildman–Crippen MR) is 123 cm³/mol. The topological polar surface area (TPSA) is 60.3 Å². The SMILES string of the molecule is CC1CCCCN1C(=O)CSc1nnc(COc2ccccc2Cl)n1-c1ccccc1. The summed E-state index contributed by atoms with van der Waals surface area (Å²) in [6.45, 7) is 3.17. The molecule has 2 heterocycles. The molecule has 0 saturated carbocycles. The van der Waals surface area contributed by atoms with Gasteiger partial charge in [-0.3, -0.25) is 9.36 Å². The van der Waals surface area contributed by atoms with Crippen LogP contribution in [-0.2, 0) is 11.4 Å². The Morgan fingerprint density at radius 3 is 2.68 bits per heavy atom. The van der Waals surface area contributed by atoms with E-state index in [1.165, 1.54) is 18.2 Å². The normalized spacial score (nSPS) is 16.3. The lowest BCUT2D eigenvalue weighted by molar-refractivity contribution is -0.131. The quantitative estimate of drug-likeness (QED) is 0.468. The van der Waals surface area contributed by atoms with Crippen molar-refractivity contribution in [3.8, 4) is 11.4 Å². The highest BCUT2D eigenvalue weighted by molar-refractivity contribution is 7.99. The van der Waals surface area contributed by atoms with Gasteiger partial charge in [-0.15, -0.1) is 10.2 Å². The largest absolute Gasteiger partial charge is 0.484 e. The van der Waals surface area contributed by atoms with Crippen LogP contribution in [0.3, 0.4) is 0 Å². The van der Waals surface area contributed by atoms with Crippen molar-refractivity contribution in [1.29, 1.82) is 0 Å². The van der Waals surface area contributed by atoms with Gasteiger partial charge in [0.25, 0.3) is 0 Å². The molecule has 1 aliphatic heterocycles. The highest BCUT2D eigenvalue weighted by Crippen LogP contribution is 2.27. The molecule has 1 amide bonds. The summed E-state index contributed by atoms with van der Waals surface area (Å²) in [5.41, 5.74) is 0.923. The van der Waals surface area contributed by atoms with Crippen LogP contribution in [0.15, 0.2) is 59.8 Å². The number of nitrogens with zero attached hydrogens (tertiary/aromatic N) is 4. The Hall–Kier alpha value is -2.51. The molecule has 1 saturated heterocycles. The third-order valence-corrected chi connectivity index (χ3v) is 6.58. The van der Waals surface area contributed by atoms with Crippen molar-refractivity contribution in [2.45, 2.75) is 44.0 Å². The van der Waals surface area contributed by atoms with E-state index in [0.29, 0.717) is 33.5 Å². The molecule has 0 spiro atoms. The van der Waals surface area contributed by atoms with Gasteiger partial charge in [-0.25, -0.2) is 0 Å². The second kappa shape index (κ2) is 10.2. The molecule has 1 unspecified atom stereocenters. The number of thioether (sulfide) groups is 1. The van der Waals surface area contributed by atoms with Gasteiger partial charge in [0, 0.05) is 18.3 Å². The van der Waals surface area contributed by atoms with E-state index < -0.39 is 0 Å². The first-order valence-electron chi connectivity index (χ1n) is 10.4. The number of aromatic nitrogens is 3. The molecule has 0 N–H and O–H groups in total. The molecule has 0 radical (unpaired) electrons. The van der Waals surface area contributed by atoms with Gasteiger partial charge in [0.15, 0.2) is 11.0 Å². The molecule has 2 aromatic carbocycles. The summed E-state index contributed by atoms with van der Waals surface area (Å²) >= 11 is 7.62. The Bertz CT molecular complexity index is 1030. The summed E-state index contributed by atoms with van der Waals surface area (Å²) in [6.07, 6.45) is 3.33. The maximum absolute atomic E-state index is 12.8. The minimum atomic E-state index is 0.147. The Morgan fingerprint density at radius 1 is 1.13 bits per heavy atom. The molecule has 31 heavy (non-hydrogen) atoms. The molecule has 1 aliphatic rings. The highest BCUT2D eigenvalue weighted by Gasteiger charge is 2.24. The van der Waals surface area contributed by atoms with Crippen molar-refractivity contribution >= 4 is 29.3 Å². The molecule has 1 fully saturated rings. The number of para-hydroxylation sites is 2. The number of likely N-dealkylation sites (tertiary alicyclic amines) is 1. The molecule has 4 rings (SSSR count). The number of ether oxygens (including phenoxy) is 1. The smallest absolute Gasteiger partial charge is 0.233 e. The van der Waals surface area contributed by atoms with Gasteiger partial charge in [-0.1, -0.05) is 53.7 Å². The lowest BCUT2D eigenvalue weighted by Gasteiger charge is -2.33. The van der Waals surface area contributed by atoms with Gasteiger partial charge in [0.05, 0.1) is 10.8 Å². The van der Waals surface area contributed by atoms with E-state index in [2.05, 4.69) is 17.1 Å². The van der Waals surface area contributed by atoms with E-state index in [0.717, 1.165) is 25.1 Å². The number of rotatable bonds is 7. The minimum absolute atomic E-state index is 0.147. The number of hydrogen-bond acceptors (Lipinski definition) is 5. The monoisotopic (exact) mass is 456 g/mol. The standard InChI is InChI=1S/C23H25ClN4O2S/c1-17-9-7-8-14-27(17)22(29)16-31-23-26-25-21(28(23)18-10-3-2-4-11-18)15-30-20-13-6-5-12-19(20)24/h2-6,10-13,17H,7-9,14-16H2,1H3. The fourth-order valence-electron chi connectivity index (χ4n) is 3.71. The van der Waals surface area contributed by atoms with Gasteiger partial charge in [0.1, 0.15) is 12.4 Å². The van der Waals surface area contributed by atoms with E-state index in [4.69, 9.17) is 16.3 Å². The average Bonchev–Trinajstić information content (AvgIpc) is 3.20. The van der Waals surface area contributed by atoms with Gasteiger partial charge >= 0.3 is 0 Å². The third-order valence-electron chi connectivity index (χ3n) is 5.36. The number of halogens is 1. The predicted octanol–water partition coefficient (Wildman–Crippen LogP) is 4.99. The van der Waals surface area contributed by atoms with Crippen LogP contribution in [0.2, 0.25) is 5.02 Å². The zero-order valence-electron chi connectivity index (χ0n) is 17.4. The van der Waals surface area contributed by atoms with Gasteiger partial charge in [-0.2, -0.15) is 0 Å². The summed E-state index contributed by atoms with van der Waals surface area (Å²) < 4.78 is 7.83. The summed E-state index contributed by atoms with van der Waals surface area (Å²) in [5.74, 6) is 1.72. The van der Waals surface area contributed by atoms with Gasteiger partial charge in [-0.05, 0) is 50.5 Å². The lowest BCUT2D eigenvalue weighted by atomic mass is 10.0. The second-order valence-electron chi connectivity index (χ2n) is 7.51. The minimum Gasteiger partial charge on any atom is -0.484 e. The van der Waals surface area contributed by atoms with E-state index in [-0.39, 0.29) is 12.5 Å². The summed E-state index contributed by atoms with van der Waals surface area (Å²) in [6, 6.07) is 17.5. The zero-order valence-corrected chi connectivity index (χ0v) is 19.0. The molecule has 8 heteroatoms. The average molecular weight is 457 g/mol.